The van der Waals surface area contributed by atoms with Gasteiger partial charge in [0.1, 0.15) is 11.2 Å². The largest absolute Gasteiger partial charge is 0.442 e. The maximum atomic E-state index is 13.6. The maximum Gasteiger partial charge on any atom is 0.441 e. The molecule has 1 aromatic rings. The lowest BCUT2D eigenvalue weighted by atomic mass is 9.91. The summed E-state index contributed by atoms with van der Waals surface area (Å²) in [5.74, 6) is -1.35. The molecule has 0 aliphatic heterocycles. The standard InChI is InChI=1S/C30H50N6O8/c1-10-31-19-11-13-20(14-12-19)33-26(38)22-17-21(25(37)32-15-16-36(8)9)23(43-34-27(39)41-29(2,3)4)18-24(22)44-35-28(40)42-30(5,6)7/h17-20,31H,10-16H2,1-9H3,(H,32,37)(H,33,38)(H,34,39)(H,35,40). The van der Waals surface area contributed by atoms with Crippen LogP contribution in [0.2, 0.25) is 0 Å². The molecule has 1 aliphatic carbocycles. The molecule has 0 heterocycles. The third-order valence-corrected chi connectivity index (χ3v) is 6.26. The zero-order valence-electron chi connectivity index (χ0n) is 27.5. The van der Waals surface area contributed by atoms with Crippen molar-refractivity contribution in [2.24, 2.45) is 0 Å². The Bertz CT molecular complexity index is 1140. The predicted molar refractivity (Wildman–Crippen MR) is 165 cm³/mol. The predicted octanol–water partition coefficient (Wildman–Crippen LogP) is 3.27. The third kappa shape index (κ3) is 13.2. The Morgan fingerprint density at radius 3 is 1.70 bits per heavy atom. The van der Waals surface area contributed by atoms with Gasteiger partial charge in [-0.05, 0) is 93.9 Å². The van der Waals surface area contributed by atoms with Gasteiger partial charge in [-0.15, -0.1) is 0 Å². The van der Waals surface area contributed by atoms with Gasteiger partial charge in [0.05, 0.1) is 11.1 Å². The van der Waals surface area contributed by atoms with Gasteiger partial charge in [0, 0.05) is 31.2 Å². The van der Waals surface area contributed by atoms with Crippen LogP contribution in [-0.4, -0.2) is 85.9 Å². The quantitative estimate of drug-likeness (QED) is 0.218. The summed E-state index contributed by atoms with van der Waals surface area (Å²) in [7, 11) is 3.73. The molecule has 14 nitrogen and oxygen atoms in total. The van der Waals surface area contributed by atoms with E-state index in [1.54, 1.807) is 41.5 Å². The van der Waals surface area contributed by atoms with E-state index < -0.39 is 35.2 Å². The van der Waals surface area contributed by atoms with Gasteiger partial charge < -0.3 is 40.0 Å². The third-order valence-electron chi connectivity index (χ3n) is 6.26. The Balaban J connectivity index is 2.42. The SMILES string of the molecule is CCNC1CCC(NC(=O)c2cc(C(=O)NCCN(C)C)c(ONC(=O)OC(C)(C)C)cc2ONC(=O)OC(C)(C)C)CC1. The molecule has 0 bridgehead atoms. The fraction of sp³-hybridized carbons (Fsp3) is 0.667. The molecule has 0 atom stereocenters. The van der Waals surface area contributed by atoms with Crippen LogP contribution < -0.4 is 36.6 Å². The van der Waals surface area contributed by atoms with Crippen molar-refractivity contribution in [2.45, 2.75) is 97.4 Å². The first-order chi connectivity index (χ1) is 20.5. The molecule has 1 aromatic carbocycles. The van der Waals surface area contributed by atoms with Crippen LogP contribution in [0.5, 0.6) is 11.5 Å². The van der Waals surface area contributed by atoms with Crippen molar-refractivity contribution in [3.63, 3.8) is 0 Å². The number of hydroxylamine groups is 2. The molecule has 0 radical (unpaired) electrons. The minimum Gasteiger partial charge on any atom is -0.442 e. The number of nitrogens with one attached hydrogen (secondary N) is 5. The minimum absolute atomic E-state index is 0.0303. The highest BCUT2D eigenvalue weighted by atomic mass is 16.7. The number of amides is 4. The van der Waals surface area contributed by atoms with Crippen LogP contribution in [-0.2, 0) is 9.47 Å². The van der Waals surface area contributed by atoms with E-state index in [1.165, 1.54) is 12.1 Å². The van der Waals surface area contributed by atoms with Crippen molar-refractivity contribution in [3.05, 3.63) is 23.3 Å². The number of benzene rings is 1. The Kier molecular flexibility index (Phi) is 13.5. The van der Waals surface area contributed by atoms with Crippen LogP contribution in [0.25, 0.3) is 0 Å². The number of likely N-dealkylation sites (N-methyl/N-ethyl adjacent to an activating group) is 1. The molecule has 1 fully saturated rings. The van der Waals surface area contributed by atoms with Gasteiger partial charge in [0.25, 0.3) is 11.8 Å². The first-order valence-electron chi connectivity index (χ1n) is 14.9. The van der Waals surface area contributed by atoms with Crippen LogP contribution in [0.4, 0.5) is 9.59 Å². The van der Waals surface area contributed by atoms with Crippen molar-refractivity contribution < 1.29 is 38.3 Å². The fourth-order valence-electron chi connectivity index (χ4n) is 4.36. The monoisotopic (exact) mass is 622 g/mol. The minimum atomic E-state index is -0.902. The molecule has 14 heteroatoms. The zero-order chi connectivity index (χ0) is 33.1. The van der Waals surface area contributed by atoms with Crippen molar-refractivity contribution in [1.82, 2.24) is 31.8 Å². The summed E-state index contributed by atoms with van der Waals surface area (Å²) in [6.07, 6.45) is 1.56. The molecular weight excluding hydrogens is 572 g/mol. The first-order valence-corrected chi connectivity index (χ1v) is 14.9. The van der Waals surface area contributed by atoms with E-state index in [9.17, 15) is 19.2 Å². The highest BCUT2D eigenvalue weighted by Gasteiger charge is 2.28. The average Bonchev–Trinajstić information content (AvgIpc) is 2.89. The van der Waals surface area contributed by atoms with Crippen LogP contribution in [0.3, 0.4) is 0 Å². The number of hydrogen-bond donors (Lipinski definition) is 5. The van der Waals surface area contributed by atoms with Crippen LogP contribution in [0.15, 0.2) is 12.1 Å². The summed E-state index contributed by atoms with van der Waals surface area (Å²) < 4.78 is 10.5. The molecule has 44 heavy (non-hydrogen) atoms. The van der Waals surface area contributed by atoms with Gasteiger partial charge in [-0.1, -0.05) is 6.92 Å². The number of carbonyl (C=O) groups is 4. The lowest BCUT2D eigenvalue weighted by molar-refractivity contribution is 0.0275. The zero-order valence-corrected chi connectivity index (χ0v) is 27.5. The summed E-state index contributed by atoms with van der Waals surface area (Å²) in [4.78, 5) is 64.5. The second-order valence-electron chi connectivity index (χ2n) is 12.9. The normalized spacial score (nSPS) is 16.9. The van der Waals surface area contributed by atoms with Gasteiger partial charge in [-0.25, -0.2) is 9.59 Å². The van der Waals surface area contributed by atoms with E-state index >= 15 is 0 Å². The maximum absolute atomic E-state index is 13.6. The van der Waals surface area contributed by atoms with Gasteiger partial charge in [0.2, 0.25) is 0 Å². The van der Waals surface area contributed by atoms with Crippen LogP contribution >= 0.6 is 0 Å². The number of hydrogen-bond acceptors (Lipinski definition) is 10. The topological polar surface area (TPSA) is 169 Å². The van der Waals surface area contributed by atoms with Crippen LogP contribution in [0.1, 0.15) is 94.9 Å². The van der Waals surface area contributed by atoms with E-state index in [0.717, 1.165) is 32.2 Å². The van der Waals surface area contributed by atoms with E-state index in [2.05, 4.69) is 33.8 Å². The first kappa shape index (κ1) is 36.4. The molecule has 1 aliphatic rings. The van der Waals surface area contributed by atoms with Crippen molar-refractivity contribution in [2.75, 3.05) is 33.7 Å². The number of ether oxygens (including phenoxy) is 2. The molecule has 5 N–H and O–H groups in total. The Morgan fingerprint density at radius 1 is 0.773 bits per heavy atom. The van der Waals surface area contributed by atoms with E-state index in [0.29, 0.717) is 19.1 Å². The summed E-state index contributed by atoms with van der Waals surface area (Å²) in [5, 5.41) is 9.25. The highest BCUT2D eigenvalue weighted by Crippen LogP contribution is 2.30. The highest BCUT2D eigenvalue weighted by molar-refractivity contribution is 6.03. The smallest absolute Gasteiger partial charge is 0.441 e. The van der Waals surface area contributed by atoms with Crippen LogP contribution in [0, 0.1) is 0 Å². The fourth-order valence-corrected chi connectivity index (χ4v) is 4.36. The Labute approximate surface area is 260 Å². The molecule has 1 saturated carbocycles. The molecule has 0 saturated heterocycles. The van der Waals surface area contributed by atoms with E-state index in [1.807, 2.05) is 19.0 Å². The van der Waals surface area contributed by atoms with Crippen molar-refractivity contribution >= 4 is 24.0 Å². The van der Waals surface area contributed by atoms with E-state index in [4.69, 9.17) is 19.1 Å². The number of carbonyl (C=O) groups excluding carboxylic acids is 4. The lowest BCUT2D eigenvalue weighted by Gasteiger charge is -2.29. The van der Waals surface area contributed by atoms with Gasteiger partial charge >= 0.3 is 12.2 Å². The molecular formula is C30H50N6O8. The molecule has 0 spiro atoms. The van der Waals surface area contributed by atoms with Gasteiger partial charge in [-0.2, -0.15) is 11.0 Å². The molecule has 0 aromatic heterocycles. The molecule has 248 valence electrons. The lowest BCUT2D eigenvalue weighted by Crippen LogP contribution is -2.42. The van der Waals surface area contributed by atoms with Crippen molar-refractivity contribution in [3.8, 4) is 11.5 Å². The summed E-state index contributed by atoms with van der Waals surface area (Å²) in [6.45, 7) is 13.9. The second kappa shape index (κ2) is 16.3. The number of nitrogens with zero attached hydrogens (tertiary/aromatic N) is 1. The van der Waals surface area contributed by atoms with Crippen molar-refractivity contribution in [1.29, 1.82) is 0 Å². The number of rotatable bonds is 12. The average molecular weight is 623 g/mol. The molecule has 0 unspecified atom stereocenters. The summed E-state index contributed by atoms with van der Waals surface area (Å²) in [5.41, 5.74) is 2.63. The van der Waals surface area contributed by atoms with Gasteiger partial charge in [-0.3, -0.25) is 9.59 Å². The Morgan fingerprint density at radius 2 is 1.25 bits per heavy atom. The van der Waals surface area contributed by atoms with Gasteiger partial charge in [0.15, 0.2) is 11.5 Å². The van der Waals surface area contributed by atoms with E-state index in [-0.39, 0.29) is 28.7 Å². The second-order valence-corrected chi connectivity index (χ2v) is 12.9. The summed E-state index contributed by atoms with van der Waals surface area (Å²) >= 11 is 0. The summed E-state index contributed by atoms with van der Waals surface area (Å²) in [6, 6.07) is 2.83. The molecule has 2 rings (SSSR count). The Hall–Kier alpha value is -3.78. The molecule has 4 amide bonds.